The van der Waals surface area contributed by atoms with Crippen molar-refractivity contribution in [2.24, 2.45) is 51.8 Å². The van der Waals surface area contributed by atoms with Crippen LogP contribution in [0.25, 0.3) is 0 Å². The van der Waals surface area contributed by atoms with E-state index in [0.717, 1.165) is 26.2 Å². The second-order valence-electron chi connectivity index (χ2n) is 14.0. The molecule has 0 N–H and O–H groups in total. The molecule has 1 spiro atoms. The Bertz CT molecular complexity index is 830. The van der Waals surface area contributed by atoms with Crippen molar-refractivity contribution < 1.29 is 19.0 Å². The highest BCUT2D eigenvalue weighted by atomic mass is 16.6. The number of hydrogen-bond acceptors (Lipinski definition) is 4. The van der Waals surface area contributed by atoms with E-state index in [1.165, 1.54) is 50.5 Å². The van der Waals surface area contributed by atoms with Crippen LogP contribution in [-0.4, -0.2) is 38.5 Å². The Kier molecular flexibility index (Phi) is 6.96. The molecule has 0 aromatic carbocycles. The van der Waals surface area contributed by atoms with E-state index >= 15 is 0 Å². The van der Waals surface area contributed by atoms with E-state index in [9.17, 15) is 4.79 Å². The summed E-state index contributed by atoms with van der Waals surface area (Å²) in [5.74, 6) is 2.93. The maximum Gasteiger partial charge on any atom is 0.309 e. The molecule has 6 rings (SSSR count). The minimum absolute atomic E-state index is 0.0291. The summed E-state index contributed by atoms with van der Waals surface area (Å²) >= 11 is 0. The van der Waals surface area contributed by atoms with Crippen molar-refractivity contribution in [1.82, 2.24) is 0 Å². The highest BCUT2D eigenvalue weighted by Gasteiger charge is 2.65. The Morgan fingerprint density at radius 3 is 2.63 bits per heavy atom. The number of epoxide rings is 1. The number of esters is 1. The molecule has 1 heterocycles. The molecule has 6 aliphatic rings. The molecule has 9 atom stereocenters. The molecule has 9 unspecified atom stereocenters. The van der Waals surface area contributed by atoms with Crippen LogP contribution in [0.2, 0.25) is 0 Å². The first-order chi connectivity index (χ1) is 16.6. The summed E-state index contributed by atoms with van der Waals surface area (Å²) in [7, 11) is 0. The van der Waals surface area contributed by atoms with Crippen molar-refractivity contribution in [1.29, 1.82) is 0 Å². The maximum atomic E-state index is 13.3. The number of hydrogen-bond donors (Lipinski definition) is 0. The number of allylic oxidation sites excluding steroid dienone is 2. The van der Waals surface area contributed by atoms with E-state index in [1.54, 1.807) is 0 Å². The minimum Gasteiger partial charge on any atom is -0.463 e. The molecular formula is C31H50O4. The lowest BCUT2D eigenvalue weighted by atomic mass is 9.37. The summed E-state index contributed by atoms with van der Waals surface area (Å²) in [6, 6.07) is 0. The maximum absolute atomic E-state index is 13.3. The van der Waals surface area contributed by atoms with Crippen LogP contribution in [0.15, 0.2) is 11.6 Å². The third-order valence-electron chi connectivity index (χ3n) is 11.3. The fourth-order valence-electron chi connectivity index (χ4n) is 9.19. The number of fused-ring (bicyclic) bond motifs is 2. The van der Waals surface area contributed by atoms with E-state index in [-0.39, 0.29) is 28.8 Å². The zero-order valence-electron chi connectivity index (χ0n) is 23.2. The molecule has 0 aromatic heterocycles. The van der Waals surface area contributed by atoms with Gasteiger partial charge in [-0.1, -0.05) is 66.0 Å². The summed E-state index contributed by atoms with van der Waals surface area (Å²) in [4.78, 5) is 13.3. The molecule has 2 bridgehead atoms. The van der Waals surface area contributed by atoms with Crippen LogP contribution >= 0.6 is 0 Å². The van der Waals surface area contributed by atoms with Gasteiger partial charge in [0, 0.05) is 6.61 Å². The summed E-state index contributed by atoms with van der Waals surface area (Å²) in [6.45, 7) is 17.3. The fraction of sp³-hybridized carbons (Fsp3) is 0.903. The number of rotatable bonds is 9. The van der Waals surface area contributed by atoms with Crippen LogP contribution in [-0.2, 0) is 19.0 Å². The summed E-state index contributed by atoms with van der Waals surface area (Å²) in [5, 5.41) is 0. The zero-order valence-corrected chi connectivity index (χ0v) is 23.2. The molecule has 198 valence electrons. The fourth-order valence-corrected chi connectivity index (χ4v) is 9.19. The Morgan fingerprint density at radius 2 is 1.94 bits per heavy atom. The molecule has 4 nitrogen and oxygen atoms in total. The van der Waals surface area contributed by atoms with Gasteiger partial charge in [-0.2, -0.15) is 0 Å². The van der Waals surface area contributed by atoms with Gasteiger partial charge in [0.25, 0.3) is 0 Å². The van der Waals surface area contributed by atoms with Gasteiger partial charge in [0.05, 0.1) is 19.1 Å². The van der Waals surface area contributed by atoms with Gasteiger partial charge in [-0.3, -0.25) is 4.79 Å². The Labute approximate surface area is 213 Å². The van der Waals surface area contributed by atoms with Crippen molar-refractivity contribution in [2.45, 2.75) is 99.0 Å². The van der Waals surface area contributed by atoms with Crippen LogP contribution in [0, 0.1) is 51.8 Å². The molecule has 4 heteroatoms. The van der Waals surface area contributed by atoms with Crippen molar-refractivity contribution >= 4 is 5.97 Å². The van der Waals surface area contributed by atoms with Crippen LogP contribution < -0.4 is 0 Å². The monoisotopic (exact) mass is 486 g/mol. The van der Waals surface area contributed by atoms with E-state index in [4.69, 9.17) is 14.2 Å². The van der Waals surface area contributed by atoms with Crippen molar-refractivity contribution in [3.63, 3.8) is 0 Å². The number of ether oxygens (including phenoxy) is 3. The predicted molar refractivity (Wildman–Crippen MR) is 139 cm³/mol. The lowest BCUT2D eigenvalue weighted by Crippen LogP contribution is -2.61. The summed E-state index contributed by atoms with van der Waals surface area (Å²) in [5.41, 5.74) is 2.30. The van der Waals surface area contributed by atoms with Gasteiger partial charge in [0.2, 0.25) is 0 Å². The third kappa shape index (κ3) is 4.54. The first-order valence-electron chi connectivity index (χ1n) is 14.7. The molecular weight excluding hydrogens is 436 g/mol. The molecule has 1 aliphatic heterocycles. The topological polar surface area (TPSA) is 48.1 Å². The zero-order chi connectivity index (χ0) is 25.0. The van der Waals surface area contributed by atoms with Crippen molar-refractivity contribution in [2.75, 3.05) is 26.4 Å². The largest absolute Gasteiger partial charge is 0.463 e. The van der Waals surface area contributed by atoms with Gasteiger partial charge in [-0.05, 0) is 84.4 Å². The standard InChI is InChI=1S/C31H50O4/c1-7-21(4)16-33-19-29(5)10-8-11-30(6)26(29)9-12-31-14-24(20(2)3)23(13-27(30)31)25(15-31)28(32)35-18-22-17-34-22/h14,20-23,25-27H,7-13,15-19H2,1-6H3. The molecule has 1 saturated heterocycles. The average Bonchev–Trinajstić information content (AvgIpc) is 3.66. The van der Waals surface area contributed by atoms with Gasteiger partial charge in [-0.25, -0.2) is 0 Å². The first kappa shape index (κ1) is 25.8. The van der Waals surface area contributed by atoms with Crippen molar-refractivity contribution in [3.05, 3.63) is 11.6 Å². The van der Waals surface area contributed by atoms with E-state index < -0.39 is 0 Å². The highest BCUT2D eigenvalue weighted by molar-refractivity contribution is 5.74. The average molecular weight is 487 g/mol. The summed E-state index contributed by atoms with van der Waals surface area (Å²) in [6.07, 6.45) is 12.6. The lowest BCUT2D eigenvalue weighted by Gasteiger charge is -2.68. The van der Waals surface area contributed by atoms with Crippen molar-refractivity contribution in [3.8, 4) is 0 Å². The summed E-state index contributed by atoms with van der Waals surface area (Å²) < 4.78 is 17.5. The second kappa shape index (κ2) is 9.46. The molecule has 0 amide bonds. The van der Waals surface area contributed by atoms with Gasteiger partial charge in [-0.15, -0.1) is 0 Å². The SMILES string of the molecule is CCC(C)COCC1(C)CCCC2(C)C1CCC13C=C(C(C)C)C(CC12)C(C(=O)OCC1CO1)C3. The number of carbonyl (C=O) groups is 1. The van der Waals surface area contributed by atoms with Crippen LogP contribution in [0.5, 0.6) is 0 Å². The Balaban J connectivity index is 1.38. The normalized spacial score (nSPS) is 44.9. The molecule has 5 aliphatic carbocycles. The van der Waals surface area contributed by atoms with E-state index in [1.807, 2.05) is 0 Å². The molecule has 3 saturated carbocycles. The molecule has 0 aromatic rings. The smallest absolute Gasteiger partial charge is 0.309 e. The van der Waals surface area contributed by atoms with Gasteiger partial charge < -0.3 is 14.2 Å². The quantitative estimate of drug-likeness (QED) is 0.204. The van der Waals surface area contributed by atoms with E-state index in [0.29, 0.717) is 41.6 Å². The third-order valence-corrected chi connectivity index (χ3v) is 11.3. The highest BCUT2D eigenvalue weighted by Crippen LogP contribution is 2.72. The van der Waals surface area contributed by atoms with Crippen LogP contribution in [0.3, 0.4) is 0 Å². The predicted octanol–water partition coefficient (Wildman–Crippen LogP) is 6.82. The van der Waals surface area contributed by atoms with Crippen LogP contribution in [0.1, 0.15) is 92.9 Å². The molecule has 0 radical (unpaired) electrons. The lowest BCUT2D eigenvalue weighted by molar-refractivity contribution is -0.184. The second-order valence-corrected chi connectivity index (χ2v) is 14.0. The molecule has 35 heavy (non-hydrogen) atoms. The number of carbonyl (C=O) groups excluding carboxylic acids is 1. The first-order valence-corrected chi connectivity index (χ1v) is 14.7. The molecule has 4 fully saturated rings. The Morgan fingerprint density at radius 1 is 1.17 bits per heavy atom. The minimum atomic E-state index is 0.0291. The Hall–Kier alpha value is -0.870. The van der Waals surface area contributed by atoms with Gasteiger partial charge in [0.15, 0.2) is 0 Å². The van der Waals surface area contributed by atoms with Crippen LogP contribution in [0.4, 0.5) is 0 Å². The van der Waals surface area contributed by atoms with Gasteiger partial charge in [0.1, 0.15) is 12.7 Å². The van der Waals surface area contributed by atoms with Gasteiger partial charge >= 0.3 is 5.97 Å². The van der Waals surface area contributed by atoms with E-state index in [2.05, 4.69) is 47.6 Å².